The highest BCUT2D eigenvalue weighted by atomic mass is 35.5. The van der Waals surface area contributed by atoms with E-state index in [1.54, 1.807) is 0 Å². The van der Waals surface area contributed by atoms with Gasteiger partial charge in [-0.3, -0.25) is 4.90 Å². The van der Waals surface area contributed by atoms with Crippen molar-refractivity contribution in [2.24, 2.45) is 0 Å². The van der Waals surface area contributed by atoms with Crippen LogP contribution in [-0.2, 0) is 0 Å². The molecule has 0 spiro atoms. The molecule has 0 aromatic heterocycles. The maximum Gasteiger partial charge on any atom is 0.0475 e. The summed E-state index contributed by atoms with van der Waals surface area (Å²) in [5.41, 5.74) is 1.46. The number of benzene rings is 1. The lowest BCUT2D eigenvalue weighted by molar-refractivity contribution is 0.0820. The van der Waals surface area contributed by atoms with Gasteiger partial charge in [0.15, 0.2) is 0 Å². The van der Waals surface area contributed by atoms with Crippen LogP contribution in [0.15, 0.2) is 30.3 Å². The van der Waals surface area contributed by atoms with Crippen LogP contribution in [0, 0.1) is 0 Å². The smallest absolute Gasteiger partial charge is 0.0475 e. The average Bonchev–Trinajstić information content (AvgIpc) is 2.39. The molecule has 2 rings (SSSR count). The van der Waals surface area contributed by atoms with E-state index in [1.807, 2.05) is 0 Å². The molecular formula is C14H29Cl4N3. The van der Waals surface area contributed by atoms with Crippen molar-refractivity contribution in [3.8, 4) is 0 Å². The number of rotatable bonds is 3. The topological polar surface area (TPSA) is 41.5 Å². The Morgan fingerprint density at radius 1 is 0.905 bits per heavy atom. The summed E-state index contributed by atoms with van der Waals surface area (Å²) in [6.45, 7) is 10.4. The standard InChI is InChI=1S/C14H22N2.4ClH.H3N/c1-3-15-10-11-16(4-2)14(12-15)13-8-6-5-7-9-13;;;;;/h5-9,14H,3-4,10-12H2,1-2H3;4*1H;1H3. The summed E-state index contributed by atoms with van der Waals surface area (Å²) in [5.74, 6) is 0. The summed E-state index contributed by atoms with van der Waals surface area (Å²) >= 11 is 0. The molecule has 1 unspecified atom stereocenters. The van der Waals surface area contributed by atoms with Crippen LogP contribution >= 0.6 is 49.6 Å². The molecule has 0 bridgehead atoms. The number of hydrogen-bond acceptors (Lipinski definition) is 3. The summed E-state index contributed by atoms with van der Waals surface area (Å²) in [6, 6.07) is 11.5. The van der Waals surface area contributed by atoms with E-state index in [-0.39, 0.29) is 55.8 Å². The number of likely N-dealkylation sites (N-methyl/N-ethyl adjacent to an activating group) is 2. The van der Waals surface area contributed by atoms with Crippen LogP contribution in [-0.4, -0.2) is 42.5 Å². The quantitative estimate of drug-likeness (QED) is 0.852. The van der Waals surface area contributed by atoms with Crippen molar-refractivity contribution in [2.45, 2.75) is 19.9 Å². The van der Waals surface area contributed by atoms with E-state index in [9.17, 15) is 0 Å². The average molecular weight is 381 g/mol. The zero-order valence-electron chi connectivity index (χ0n) is 12.7. The van der Waals surface area contributed by atoms with E-state index in [2.05, 4.69) is 54.0 Å². The largest absolute Gasteiger partial charge is 0.344 e. The second-order valence-corrected chi connectivity index (χ2v) is 4.45. The molecule has 3 N–H and O–H groups in total. The van der Waals surface area contributed by atoms with Crippen LogP contribution in [0.2, 0.25) is 0 Å². The van der Waals surface area contributed by atoms with Crippen LogP contribution in [0.4, 0.5) is 0 Å². The maximum absolute atomic E-state index is 2.58. The lowest BCUT2D eigenvalue weighted by Gasteiger charge is -2.41. The summed E-state index contributed by atoms with van der Waals surface area (Å²) in [4.78, 5) is 5.13. The summed E-state index contributed by atoms with van der Waals surface area (Å²) in [6.07, 6.45) is 0. The Kier molecular flexibility index (Phi) is 21.2. The number of piperazine rings is 1. The summed E-state index contributed by atoms with van der Waals surface area (Å²) in [7, 11) is 0. The molecule has 0 aliphatic carbocycles. The Labute approximate surface area is 154 Å². The Morgan fingerprint density at radius 2 is 1.48 bits per heavy atom. The molecule has 0 saturated carbocycles. The normalized spacial score (nSPS) is 17.9. The van der Waals surface area contributed by atoms with Crippen LogP contribution in [0.1, 0.15) is 25.5 Å². The van der Waals surface area contributed by atoms with Gasteiger partial charge in [0.1, 0.15) is 0 Å². The zero-order chi connectivity index (χ0) is 11.4. The monoisotopic (exact) mass is 379 g/mol. The van der Waals surface area contributed by atoms with E-state index in [1.165, 1.54) is 31.7 Å². The second kappa shape index (κ2) is 15.2. The number of halogens is 4. The van der Waals surface area contributed by atoms with Gasteiger partial charge in [0.05, 0.1) is 0 Å². The van der Waals surface area contributed by atoms with Gasteiger partial charge in [-0.15, -0.1) is 49.6 Å². The van der Waals surface area contributed by atoms with Gasteiger partial charge >= 0.3 is 0 Å². The van der Waals surface area contributed by atoms with Crippen LogP contribution in [0.25, 0.3) is 0 Å². The van der Waals surface area contributed by atoms with Crippen LogP contribution in [0.3, 0.4) is 0 Å². The van der Waals surface area contributed by atoms with Gasteiger partial charge in [-0.2, -0.15) is 0 Å². The van der Waals surface area contributed by atoms with Crippen molar-refractivity contribution in [3.63, 3.8) is 0 Å². The first-order valence-corrected chi connectivity index (χ1v) is 6.36. The highest BCUT2D eigenvalue weighted by Crippen LogP contribution is 2.24. The van der Waals surface area contributed by atoms with Crippen molar-refractivity contribution >= 4 is 49.6 Å². The van der Waals surface area contributed by atoms with Crippen molar-refractivity contribution in [2.75, 3.05) is 32.7 Å². The van der Waals surface area contributed by atoms with Gasteiger partial charge < -0.3 is 11.1 Å². The van der Waals surface area contributed by atoms with Crippen molar-refractivity contribution < 1.29 is 0 Å². The molecule has 128 valence electrons. The van der Waals surface area contributed by atoms with Crippen molar-refractivity contribution in [3.05, 3.63) is 35.9 Å². The van der Waals surface area contributed by atoms with Crippen molar-refractivity contribution in [1.29, 1.82) is 0 Å². The Hall–Kier alpha value is 0.260. The van der Waals surface area contributed by atoms with Crippen molar-refractivity contribution in [1.82, 2.24) is 16.0 Å². The van der Waals surface area contributed by atoms with Gasteiger partial charge in [0.2, 0.25) is 0 Å². The Morgan fingerprint density at radius 3 is 1.95 bits per heavy atom. The molecular weight excluding hydrogens is 352 g/mol. The number of nitrogens with zero attached hydrogens (tertiary/aromatic N) is 2. The minimum Gasteiger partial charge on any atom is -0.344 e. The van der Waals surface area contributed by atoms with Gasteiger partial charge in [0.25, 0.3) is 0 Å². The van der Waals surface area contributed by atoms with Gasteiger partial charge in [-0.25, -0.2) is 0 Å². The summed E-state index contributed by atoms with van der Waals surface area (Å²) < 4.78 is 0. The Balaban J connectivity index is -0.000000289. The highest BCUT2D eigenvalue weighted by Gasteiger charge is 2.25. The molecule has 1 fully saturated rings. The van der Waals surface area contributed by atoms with E-state index < -0.39 is 0 Å². The first-order chi connectivity index (χ1) is 7.85. The Bertz CT molecular complexity index is 327. The van der Waals surface area contributed by atoms with E-state index in [0.717, 1.165) is 6.54 Å². The molecule has 7 heteroatoms. The fourth-order valence-corrected chi connectivity index (χ4v) is 2.53. The highest BCUT2D eigenvalue weighted by molar-refractivity contribution is 5.86. The minimum atomic E-state index is 0. The predicted octanol–water partition coefficient (Wildman–Crippen LogP) is 4.23. The molecule has 1 aliphatic rings. The van der Waals surface area contributed by atoms with Gasteiger partial charge in [-0.1, -0.05) is 44.2 Å². The predicted molar refractivity (Wildman–Crippen MR) is 103 cm³/mol. The van der Waals surface area contributed by atoms with E-state index >= 15 is 0 Å². The number of hydrogen-bond donors (Lipinski definition) is 1. The fourth-order valence-electron chi connectivity index (χ4n) is 2.53. The van der Waals surface area contributed by atoms with Crippen LogP contribution in [0.5, 0.6) is 0 Å². The summed E-state index contributed by atoms with van der Waals surface area (Å²) in [5, 5.41) is 0. The molecule has 3 nitrogen and oxygen atoms in total. The minimum absolute atomic E-state index is 0. The third-order valence-corrected chi connectivity index (χ3v) is 3.61. The first-order valence-electron chi connectivity index (χ1n) is 6.36. The lowest BCUT2D eigenvalue weighted by Crippen LogP contribution is -2.48. The fraction of sp³-hybridized carbons (Fsp3) is 0.571. The maximum atomic E-state index is 2.58. The second-order valence-electron chi connectivity index (χ2n) is 4.45. The lowest BCUT2D eigenvalue weighted by atomic mass is 10.0. The third kappa shape index (κ3) is 7.89. The molecule has 0 amide bonds. The molecule has 1 atom stereocenters. The first kappa shape index (κ1) is 29.3. The molecule has 1 saturated heterocycles. The van der Waals surface area contributed by atoms with Gasteiger partial charge in [-0.05, 0) is 18.7 Å². The third-order valence-electron chi connectivity index (χ3n) is 3.61. The van der Waals surface area contributed by atoms with Gasteiger partial charge in [0, 0.05) is 25.7 Å². The van der Waals surface area contributed by atoms with E-state index in [0.29, 0.717) is 6.04 Å². The molecule has 1 aliphatic heterocycles. The molecule has 1 aromatic rings. The molecule has 0 radical (unpaired) electrons. The molecule has 1 heterocycles. The molecule has 21 heavy (non-hydrogen) atoms. The van der Waals surface area contributed by atoms with Crippen LogP contribution < -0.4 is 6.15 Å². The zero-order valence-corrected chi connectivity index (χ0v) is 16.0. The molecule has 1 aromatic carbocycles. The SMILES string of the molecule is CCN1CCN(CC)C(c2ccccc2)C1.Cl.Cl.Cl.Cl.N. The van der Waals surface area contributed by atoms with E-state index in [4.69, 9.17) is 0 Å².